The van der Waals surface area contributed by atoms with Gasteiger partial charge < -0.3 is 14.5 Å². The molecule has 45 heavy (non-hydrogen) atoms. The van der Waals surface area contributed by atoms with Gasteiger partial charge in [-0.2, -0.15) is 10.1 Å². The van der Waals surface area contributed by atoms with Gasteiger partial charge in [-0.25, -0.2) is 14.3 Å². The average Bonchev–Trinajstić information content (AvgIpc) is 3.45. The van der Waals surface area contributed by atoms with Gasteiger partial charge in [0, 0.05) is 61.9 Å². The molecular formula is C33H33BN8O3. The van der Waals surface area contributed by atoms with E-state index in [9.17, 15) is 9.59 Å². The van der Waals surface area contributed by atoms with Gasteiger partial charge in [0.15, 0.2) is 5.65 Å². The monoisotopic (exact) mass is 600 g/mol. The molecule has 0 N–H and O–H groups in total. The molecule has 0 saturated carbocycles. The van der Waals surface area contributed by atoms with E-state index in [1.807, 2.05) is 55.9 Å². The van der Waals surface area contributed by atoms with E-state index in [4.69, 9.17) is 17.6 Å². The Morgan fingerprint density at radius 1 is 1.18 bits per heavy atom. The minimum Gasteiger partial charge on any atom is -0.491 e. The van der Waals surface area contributed by atoms with E-state index >= 15 is 0 Å². The zero-order valence-corrected chi connectivity index (χ0v) is 25.6. The molecule has 1 fully saturated rings. The standard InChI is InChI=1S/C33H33BN8O3/c1-5-26(43)39-13-14-40(20(4)18-39)31-23-16-24(34)28-22-9-6-8-21-17-36-41(29(21)22)12-7-15-45-25-10-11-35-27(19(2)3)30(25)42(32(23)37-28)33(44)38-31/h5-6,8-11,16-17,19-20H,1,7,12-15,18H2,2-4H3. The van der Waals surface area contributed by atoms with Crippen molar-refractivity contribution in [3.8, 4) is 22.7 Å². The average molecular weight is 600 g/mol. The van der Waals surface area contributed by atoms with Gasteiger partial charge in [-0.3, -0.25) is 14.5 Å². The number of piperazine rings is 1. The number of pyridine rings is 2. The number of ether oxygens (including phenoxy) is 1. The fourth-order valence-electron chi connectivity index (χ4n) is 6.50. The number of para-hydroxylation sites is 1. The van der Waals surface area contributed by atoms with Gasteiger partial charge in [-0.15, -0.1) is 0 Å². The third-order valence-corrected chi connectivity index (χ3v) is 8.64. The van der Waals surface area contributed by atoms with Crippen LogP contribution in [0.2, 0.25) is 0 Å². The Morgan fingerprint density at radius 2 is 2.02 bits per heavy atom. The molecule has 6 heterocycles. The van der Waals surface area contributed by atoms with Crippen LogP contribution in [0.4, 0.5) is 5.82 Å². The summed E-state index contributed by atoms with van der Waals surface area (Å²) >= 11 is 0. The number of anilines is 1. The largest absolute Gasteiger partial charge is 0.491 e. The number of carbonyl (C=O) groups is 1. The maximum absolute atomic E-state index is 14.3. The molecule has 1 aromatic carbocycles. The number of benzene rings is 1. The maximum Gasteiger partial charge on any atom is 0.356 e. The fourth-order valence-corrected chi connectivity index (χ4v) is 6.50. The van der Waals surface area contributed by atoms with E-state index in [0.717, 1.165) is 16.5 Å². The highest BCUT2D eigenvalue weighted by Crippen LogP contribution is 2.35. The molecule has 2 radical (unpaired) electrons. The summed E-state index contributed by atoms with van der Waals surface area (Å²) in [5.41, 5.74) is 3.84. The number of aromatic nitrogens is 6. The van der Waals surface area contributed by atoms with Crippen LogP contribution in [0, 0.1) is 0 Å². The minimum absolute atomic E-state index is 0.0247. The van der Waals surface area contributed by atoms with Gasteiger partial charge >= 0.3 is 5.69 Å². The molecule has 226 valence electrons. The van der Waals surface area contributed by atoms with Crippen molar-refractivity contribution in [2.75, 3.05) is 31.1 Å². The topological polar surface area (TPSA) is 111 Å². The molecule has 7 rings (SSSR count). The molecule has 2 aliphatic rings. The van der Waals surface area contributed by atoms with Crippen LogP contribution >= 0.6 is 0 Å². The van der Waals surface area contributed by atoms with Crippen LogP contribution in [0.1, 0.15) is 38.8 Å². The second-order valence-electron chi connectivity index (χ2n) is 11.9. The van der Waals surface area contributed by atoms with Crippen LogP contribution in [-0.4, -0.2) is 80.2 Å². The van der Waals surface area contributed by atoms with Crippen LogP contribution in [0.3, 0.4) is 0 Å². The van der Waals surface area contributed by atoms with Crippen LogP contribution in [0.5, 0.6) is 5.75 Å². The fraction of sp³-hybridized carbons (Fsp3) is 0.333. The smallest absolute Gasteiger partial charge is 0.356 e. The predicted octanol–water partition coefficient (Wildman–Crippen LogP) is 3.12. The Balaban J connectivity index is 1.55. The van der Waals surface area contributed by atoms with E-state index in [-0.39, 0.29) is 17.9 Å². The maximum atomic E-state index is 14.3. The van der Waals surface area contributed by atoms with Gasteiger partial charge in [-0.1, -0.05) is 50.2 Å². The number of carbonyl (C=O) groups excluding carboxylic acids is 1. The highest BCUT2D eigenvalue weighted by Gasteiger charge is 2.31. The first-order valence-electron chi connectivity index (χ1n) is 15.2. The Bertz CT molecular complexity index is 2050. The van der Waals surface area contributed by atoms with Crippen molar-refractivity contribution in [3.63, 3.8) is 0 Å². The lowest BCUT2D eigenvalue weighted by Crippen LogP contribution is -2.54. The first kappa shape index (κ1) is 28.8. The molecule has 12 heteroatoms. The number of aryl methyl sites for hydroxylation is 1. The van der Waals surface area contributed by atoms with Gasteiger partial charge in [0.2, 0.25) is 5.91 Å². The molecule has 1 amide bonds. The number of fused-ring (bicyclic) bond motifs is 4. The summed E-state index contributed by atoms with van der Waals surface area (Å²) in [7, 11) is 6.84. The van der Waals surface area contributed by atoms with E-state index in [0.29, 0.717) is 84.3 Å². The molecule has 0 aliphatic carbocycles. The van der Waals surface area contributed by atoms with Crippen molar-refractivity contribution < 1.29 is 9.53 Å². The second-order valence-corrected chi connectivity index (χ2v) is 11.9. The third kappa shape index (κ3) is 4.75. The third-order valence-electron chi connectivity index (χ3n) is 8.64. The van der Waals surface area contributed by atoms with Gasteiger partial charge in [0.25, 0.3) is 0 Å². The molecule has 2 aliphatic heterocycles. The highest BCUT2D eigenvalue weighted by molar-refractivity contribution is 6.37. The Morgan fingerprint density at radius 3 is 2.80 bits per heavy atom. The first-order valence-corrected chi connectivity index (χ1v) is 15.2. The van der Waals surface area contributed by atoms with Crippen molar-refractivity contribution in [1.82, 2.24) is 34.2 Å². The minimum atomic E-state index is -0.504. The van der Waals surface area contributed by atoms with E-state index in [1.165, 1.54) is 10.6 Å². The zero-order chi connectivity index (χ0) is 31.4. The summed E-state index contributed by atoms with van der Waals surface area (Å²) in [6.07, 6.45) is 5.56. The Kier molecular flexibility index (Phi) is 7.14. The molecule has 4 aromatic heterocycles. The molecule has 1 atom stereocenters. The van der Waals surface area contributed by atoms with Crippen molar-refractivity contribution in [2.24, 2.45) is 0 Å². The quantitative estimate of drug-likeness (QED) is 0.230. The first-order chi connectivity index (χ1) is 21.8. The van der Waals surface area contributed by atoms with E-state index in [1.54, 1.807) is 17.2 Å². The summed E-state index contributed by atoms with van der Waals surface area (Å²) in [5.74, 6) is 0.851. The SMILES string of the molecule is [B]c1cc2c(N3CCN(C(=O)C=C)CC3C)nc(=O)n3c2nc1-c1cccc2cnn(c12)CCCOc1ccnc(C(C)C)c1-3. The normalized spacial score (nSPS) is 16.7. The molecule has 1 unspecified atom stereocenters. The Hall–Kier alpha value is -5.00. The lowest BCUT2D eigenvalue weighted by molar-refractivity contribution is -0.126. The molecule has 1 saturated heterocycles. The molecule has 5 aromatic rings. The molecule has 0 spiro atoms. The summed E-state index contributed by atoms with van der Waals surface area (Å²) in [6, 6.07) is 9.47. The van der Waals surface area contributed by atoms with Crippen molar-refractivity contribution >= 4 is 47.0 Å². The number of amides is 1. The van der Waals surface area contributed by atoms with Gasteiger partial charge in [-0.05, 0) is 18.9 Å². The van der Waals surface area contributed by atoms with Crippen molar-refractivity contribution in [1.29, 1.82) is 0 Å². The van der Waals surface area contributed by atoms with E-state index in [2.05, 4.69) is 26.5 Å². The van der Waals surface area contributed by atoms with Gasteiger partial charge in [0.05, 0.1) is 35.1 Å². The summed E-state index contributed by atoms with van der Waals surface area (Å²) in [5, 5.41) is 6.25. The Labute approximate surface area is 261 Å². The van der Waals surface area contributed by atoms with Gasteiger partial charge in [0.1, 0.15) is 25.1 Å². The lowest BCUT2D eigenvalue weighted by Gasteiger charge is -2.40. The van der Waals surface area contributed by atoms with E-state index < -0.39 is 5.69 Å². The number of nitrogens with zero attached hydrogens (tertiary/aromatic N) is 8. The molecule has 2 bridgehead atoms. The van der Waals surface area contributed by atoms with Crippen molar-refractivity contribution in [3.05, 3.63) is 71.6 Å². The van der Waals surface area contributed by atoms with Crippen LogP contribution in [0.15, 0.2) is 60.2 Å². The number of hydrogen-bond acceptors (Lipinski definition) is 8. The van der Waals surface area contributed by atoms with Crippen LogP contribution in [0.25, 0.3) is 38.9 Å². The number of rotatable bonds is 3. The summed E-state index contributed by atoms with van der Waals surface area (Å²) in [4.78, 5) is 45.1. The molecule has 11 nitrogen and oxygen atoms in total. The second kappa shape index (κ2) is 11.2. The summed E-state index contributed by atoms with van der Waals surface area (Å²) < 4.78 is 9.85. The van der Waals surface area contributed by atoms with Crippen LogP contribution < -0.4 is 20.8 Å². The van der Waals surface area contributed by atoms with Crippen LogP contribution in [-0.2, 0) is 11.3 Å². The molecular weight excluding hydrogens is 567 g/mol. The summed E-state index contributed by atoms with van der Waals surface area (Å²) in [6.45, 7) is 12.1. The highest BCUT2D eigenvalue weighted by atomic mass is 16.5. The lowest BCUT2D eigenvalue weighted by atomic mass is 9.89. The number of hydrogen-bond donors (Lipinski definition) is 0. The predicted molar refractivity (Wildman–Crippen MR) is 175 cm³/mol. The van der Waals surface area contributed by atoms with Crippen molar-refractivity contribution in [2.45, 2.75) is 45.7 Å². The zero-order valence-electron chi connectivity index (χ0n) is 25.6.